The molecule has 0 amide bonds. The third-order valence-corrected chi connectivity index (χ3v) is 2.38. The maximum absolute atomic E-state index is 9.94. The number of carbonyl (C=O) groups excluding carboxylic acids is 1. The highest BCUT2D eigenvalue weighted by atomic mass is 79.9. The summed E-state index contributed by atoms with van der Waals surface area (Å²) >= 11 is 3.42. The number of hydrogen-bond donors (Lipinski definition) is 0. The molecule has 0 heterocycles. The molecule has 0 atom stereocenters. The van der Waals surface area contributed by atoms with Crippen molar-refractivity contribution in [2.75, 3.05) is 0 Å². The quantitative estimate of drug-likeness (QED) is 0.722. The second-order valence-corrected chi connectivity index (χ2v) is 3.90. The van der Waals surface area contributed by atoms with E-state index in [1.54, 1.807) is 0 Å². The predicted molar refractivity (Wildman–Crippen MR) is 57.4 cm³/mol. The predicted octanol–water partition coefficient (Wildman–Crippen LogP) is 3.27. The van der Waals surface area contributed by atoms with Gasteiger partial charge in [0, 0.05) is 10.9 Å². The summed E-state index contributed by atoms with van der Waals surface area (Å²) in [4.78, 5) is 9.94. The lowest BCUT2D eigenvalue weighted by Gasteiger charge is -1.99. The van der Waals surface area contributed by atoms with Gasteiger partial charge in [0.05, 0.1) is 0 Å². The van der Waals surface area contributed by atoms with Crippen molar-refractivity contribution in [3.8, 4) is 0 Å². The third-order valence-electron chi connectivity index (χ3n) is 1.88. The van der Waals surface area contributed by atoms with E-state index in [1.165, 1.54) is 5.56 Å². The van der Waals surface area contributed by atoms with Crippen molar-refractivity contribution in [3.63, 3.8) is 0 Å². The van der Waals surface area contributed by atoms with E-state index in [2.05, 4.69) is 28.1 Å². The molecule has 1 radical (unpaired) electrons. The zero-order chi connectivity index (χ0) is 9.52. The minimum Gasteiger partial charge on any atom is -0.291 e. The molecule has 0 N–H and O–H groups in total. The lowest BCUT2D eigenvalue weighted by Crippen LogP contribution is -1.85. The van der Waals surface area contributed by atoms with E-state index in [0.29, 0.717) is 6.42 Å². The molecular weight excluding hydrogens is 228 g/mol. The highest BCUT2D eigenvalue weighted by Gasteiger charge is 1.94. The Hall–Kier alpha value is -0.630. The normalized spacial score (nSPS) is 9.92. The Balaban J connectivity index is 2.32. The van der Waals surface area contributed by atoms with Gasteiger partial charge in [0.1, 0.15) is 0 Å². The Morgan fingerprint density at radius 3 is 2.85 bits per heavy atom. The maximum atomic E-state index is 9.94. The van der Waals surface area contributed by atoms with Crippen molar-refractivity contribution in [3.05, 3.63) is 34.3 Å². The Labute approximate surface area is 87.3 Å². The summed E-state index contributed by atoms with van der Waals surface area (Å²) in [5.74, 6) is 0. The summed E-state index contributed by atoms with van der Waals surface area (Å²) in [5, 5.41) is 0. The van der Waals surface area contributed by atoms with Gasteiger partial charge < -0.3 is 0 Å². The molecule has 13 heavy (non-hydrogen) atoms. The van der Waals surface area contributed by atoms with Gasteiger partial charge in [0.2, 0.25) is 0 Å². The van der Waals surface area contributed by atoms with Crippen LogP contribution in [0.25, 0.3) is 0 Å². The molecule has 69 valence electrons. The average Bonchev–Trinajstić information content (AvgIpc) is 2.13. The number of unbranched alkanes of at least 4 members (excludes halogenated alkanes) is 2. The van der Waals surface area contributed by atoms with Crippen LogP contribution in [-0.2, 0) is 11.2 Å². The van der Waals surface area contributed by atoms with E-state index >= 15 is 0 Å². The highest BCUT2D eigenvalue weighted by molar-refractivity contribution is 9.10. The van der Waals surface area contributed by atoms with E-state index in [-0.39, 0.29) is 0 Å². The Morgan fingerprint density at radius 2 is 2.15 bits per heavy atom. The van der Waals surface area contributed by atoms with Gasteiger partial charge in [-0.3, -0.25) is 4.79 Å². The summed E-state index contributed by atoms with van der Waals surface area (Å²) in [6.07, 6.45) is 5.51. The van der Waals surface area contributed by atoms with Gasteiger partial charge in [-0.05, 0) is 37.0 Å². The number of benzene rings is 1. The van der Waals surface area contributed by atoms with E-state index < -0.39 is 0 Å². The largest absolute Gasteiger partial charge is 0.291 e. The van der Waals surface area contributed by atoms with E-state index in [1.807, 2.05) is 18.4 Å². The molecule has 0 bridgehead atoms. The van der Waals surface area contributed by atoms with Crippen LogP contribution in [0.4, 0.5) is 0 Å². The zero-order valence-electron chi connectivity index (χ0n) is 7.42. The summed E-state index contributed by atoms with van der Waals surface area (Å²) in [6, 6.07) is 8.27. The first-order valence-corrected chi connectivity index (χ1v) is 5.21. The molecule has 1 nitrogen and oxygen atoms in total. The minimum absolute atomic E-state index is 0.563. The smallest absolute Gasteiger partial charge is 0.198 e. The minimum atomic E-state index is 0.563. The van der Waals surface area contributed by atoms with Crippen LogP contribution in [0.3, 0.4) is 0 Å². The van der Waals surface area contributed by atoms with Crippen molar-refractivity contribution in [1.82, 2.24) is 0 Å². The molecule has 0 saturated carbocycles. The lowest BCUT2D eigenvalue weighted by atomic mass is 10.1. The first-order chi connectivity index (χ1) is 6.33. The molecule has 0 fully saturated rings. The summed E-state index contributed by atoms with van der Waals surface area (Å²) in [7, 11) is 0. The molecule has 0 aliphatic rings. The van der Waals surface area contributed by atoms with Crippen LogP contribution < -0.4 is 0 Å². The molecular formula is C11H12BrO. The third kappa shape index (κ3) is 4.23. The van der Waals surface area contributed by atoms with Crippen LogP contribution in [-0.4, -0.2) is 6.29 Å². The molecule has 0 aliphatic carbocycles. The van der Waals surface area contributed by atoms with E-state index in [9.17, 15) is 4.79 Å². The van der Waals surface area contributed by atoms with Crippen LogP contribution in [0, 0.1) is 0 Å². The van der Waals surface area contributed by atoms with E-state index in [0.717, 1.165) is 23.7 Å². The highest BCUT2D eigenvalue weighted by Crippen LogP contribution is 2.13. The first kappa shape index (κ1) is 10.5. The van der Waals surface area contributed by atoms with E-state index in [4.69, 9.17) is 0 Å². The molecule has 0 unspecified atom stereocenters. The molecule has 0 spiro atoms. The molecule has 1 rings (SSSR count). The van der Waals surface area contributed by atoms with Crippen LogP contribution in [0.1, 0.15) is 24.8 Å². The summed E-state index contributed by atoms with van der Waals surface area (Å²) in [5.41, 5.74) is 1.32. The second kappa shape index (κ2) is 5.92. The van der Waals surface area contributed by atoms with Gasteiger partial charge in [0.25, 0.3) is 0 Å². The van der Waals surface area contributed by atoms with Gasteiger partial charge in [0.15, 0.2) is 6.29 Å². The molecule has 1 aromatic carbocycles. The maximum Gasteiger partial charge on any atom is 0.198 e. The van der Waals surface area contributed by atoms with Crippen LogP contribution in [0.2, 0.25) is 0 Å². The lowest BCUT2D eigenvalue weighted by molar-refractivity contribution is 0.546. The Morgan fingerprint density at radius 1 is 1.31 bits per heavy atom. The SMILES string of the molecule is O=[C]CCCCc1cccc(Br)c1. The standard InChI is InChI=1S/C11H12BrO/c12-11-7-4-6-10(9-11)5-2-1-3-8-13/h4,6-7,9H,1-3,5H2. The fourth-order valence-corrected chi connectivity index (χ4v) is 1.67. The molecule has 0 saturated heterocycles. The zero-order valence-corrected chi connectivity index (χ0v) is 9.01. The molecule has 1 aromatic rings. The fourth-order valence-electron chi connectivity index (χ4n) is 1.22. The van der Waals surface area contributed by atoms with Crippen molar-refractivity contribution in [2.24, 2.45) is 0 Å². The van der Waals surface area contributed by atoms with Crippen LogP contribution in [0.15, 0.2) is 28.7 Å². The van der Waals surface area contributed by atoms with Gasteiger partial charge in [-0.1, -0.05) is 28.1 Å². The van der Waals surface area contributed by atoms with Crippen molar-refractivity contribution >= 4 is 22.2 Å². The van der Waals surface area contributed by atoms with Crippen molar-refractivity contribution < 1.29 is 4.79 Å². The monoisotopic (exact) mass is 239 g/mol. The van der Waals surface area contributed by atoms with Gasteiger partial charge >= 0.3 is 0 Å². The fraction of sp³-hybridized carbons (Fsp3) is 0.364. The van der Waals surface area contributed by atoms with Gasteiger partial charge in [-0.25, -0.2) is 0 Å². The van der Waals surface area contributed by atoms with Crippen molar-refractivity contribution in [1.29, 1.82) is 0 Å². The number of rotatable bonds is 5. The Bertz CT molecular complexity index is 271. The summed E-state index contributed by atoms with van der Waals surface area (Å²) in [6.45, 7) is 0. The summed E-state index contributed by atoms with van der Waals surface area (Å²) < 4.78 is 1.12. The number of halogens is 1. The van der Waals surface area contributed by atoms with Crippen LogP contribution in [0.5, 0.6) is 0 Å². The number of aryl methyl sites for hydroxylation is 1. The first-order valence-electron chi connectivity index (χ1n) is 4.42. The molecule has 2 heteroatoms. The van der Waals surface area contributed by atoms with Gasteiger partial charge in [-0.2, -0.15) is 0 Å². The molecule has 0 aromatic heterocycles. The average molecular weight is 240 g/mol. The molecule has 0 aliphatic heterocycles. The number of hydrogen-bond acceptors (Lipinski definition) is 1. The second-order valence-electron chi connectivity index (χ2n) is 2.98. The van der Waals surface area contributed by atoms with Crippen LogP contribution >= 0.6 is 15.9 Å². The topological polar surface area (TPSA) is 17.1 Å². The van der Waals surface area contributed by atoms with Gasteiger partial charge in [-0.15, -0.1) is 0 Å². The van der Waals surface area contributed by atoms with Crippen molar-refractivity contribution in [2.45, 2.75) is 25.7 Å². The Kier molecular flexibility index (Phi) is 4.76.